The van der Waals surface area contributed by atoms with Crippen molar-refractivity contribution in [2.75, 3.05) is 0 Å². The molecule has 1 amide bonds. The van der Waals surface area contributed by atoms with Crippen molar-refractivity contribution >= 4 is 11.9 Å². The summed E-state index contributed by atoms with van der Waals surface area (Å²) in [6.45, 7) is 15.4. The second-order valence-electron chi connectivity index (χ2n) is 7.06. The molecule has 0 radical (unpaired) electrons. The van der Waals surface area contributed by atoms with Gasteiger partial charge in [-0.05, 0) is 38.0 Å². The van der Waals surface area contributed by atoms with Crippen molar-refractivity contribution in [1.29, 1.82) is 0 Å². The van der Waals surface area contributed by atoms with Crippen LogP contribution >= 0.6 is 0 Å². The van der Waals surface area contributed by atoms with Gasteiger partial charge in [0.1, 0.15) is 0 Å². The maximum absolute atomic E-state index is 11.0. The van der Waals surface area contributed by atoms with Gasteiger partial charge in [-0.1, -0.05) is 78.2 Å². The number of carbonyl (C=O) groups excluding carboxylic acids is 1. The van der Waals surface area contributed by atoms with Crippen LogP contribution in [0.1, 0.15) is 91.9 Å². The molecule has 2 unspecified atom stereocenters. The standard InChI is InChI=1S/C15H27NO.C7H10O2.C2H6/c1-3-4-8-13(2)9-6-5-7-10-14-11-12-15(17)16-14;1-3-4-5-6(2)7(8)9;1-2/h7,10,13-14H,3-6,8-9,11-12H2,1-2H3,(H,16,17);3H,1-2,4-5H2,(H,8,9);1-2H3/b10-7+;;. The van der Waals surface area contributed by atoms with Crippen molar-refractivity contribution in [3.8, 4) is 0 Å². The van der Waals surface area contributed by atoms with Crippen molar-refractivity contribution in [2.24, 2.45) is 5.92 Å². The molecule has 0 saturated carbocycles. The van der Waals surface area contributed by atoms with E-state index in [0.29, 0.717) is 25.3 Å². The summed E-state index contributed by atoms with van der Waals surface area (Å²) in [4.78, 5) is 21.1. The number of rotatable bonds is 12. The SMILES string of the molecule is C=CCCC(=C)C(=O)O.CC.CCCCC(C)CCC/C=C/C1CCC(=O)N1. The number of aliphatic carboxylic acids is 1. The van der Waals surface area contributed by atoms with Crippen LogP contribution in [0.25, 0.3) is 0 Å². The number of hydrogen-bond acceptors (Lipinski definition) is 2. The molecular weight excluding hydrogens is 350 g/mol. The lowest BCUT2D eigenvalue weighted by Crippen LogP contribution is -2.22. The summed E-state index contributed by atoms with van der Waals surface area (Å²) in [6.07, 6.45) is 16.8. The summed E-state index contributed by atoms with van der Waals surface area (Å²) < 4.78 is 0. The van der Waals surface area contributed by atoms with Gasteiger partial charge in [0.25, 0.3) is 0 Å². The predicted molar refractivity (Wildman–Crippen MR) is 120 cm³/mol. The third-order valence-corrected chi connectivity index (χ3v) is 4.47. The summed E-state index contributed by atoms with van der Waals surface area (Å²) in [7, 11) is 0. The van der Waals surface area contributed by atoms with Crippen molar-refractivity contribution in [3.05, 3.63) is 37.0 Å². The Morgan fingerprint density at radius 2 is 1.93 bits per heavy atom. The monoisotopic (exact) mass is 393 g/mol. The molecule has 4 nitrogen and oxygen atoms in total. The summed E-state index contributed by atoms with van der Waals surface area (Å²) >= 11 is 0. The van der Waals surface area contributed by atoms with Gasteiger partial charge in [-0.15, -0.1) is 6.58 Å². The van der Waals surface area contributed by atoms with Crippen LogP contribution in [0.4, 0.5) is 0 Å². The summed E-state index contributed by atoms with van der Waals surface area (Å²) in [5, 5.41) is 11.2. The van der Waals surface area contributed by atoms with Crippen molar-refractivity contribution in [1.82, 2.24) is 5.32 Å². The third-order valence-electron chi connectivity index (χ3n) is 4.47. The Labute approximate surface area is 173 Å². The molecule has 4 heteroatoms. The minimum absolute atomic E-state index is 0.202. The topological polar surface area (TPSA) is 66.4 Å². The van der Waals surface area contributed by atoms with Gasteiger partial charge >= 0.3 is 5.97 Å². The highest BCUT2D eigenvalue weighted by Gasteiger charge is 2.17. The molecule has 2 N–H and O–H groups in total. The highest BCUT2D eigenvalue weighted by Crippen LogP contribution is 2.15. The fraction of sp³-hybridized carbons (Fsp3) is 0.667. The molecule has 0 spiro atoms. The predicted octanol–water partition coefficient (Wildman–Crippen LogP) is 6.44. The van der Waals surface area contributed by atoms with Crippen molar-refractivity contribution in [2.45, 2.75) is 97.9 Å². The third kappa shape index (κ3) is 17.6. The maximum Gasteiger partial charge on any atom is 0.330 e. The second kappa shape index (κ2) is 19.9. The van der Waals surface area contributed by atoms with Crippen LogP contribution in [0.15, 0.2) is 37.0 Å². The molecule has 0 aliphatic carbocycles. The van der Waals surface area contributed by atoms with E-state index < -0.39 is 5.97 Å². The summed E-state index contributed by atoms with van der Waals surface area (Å²) in [6, 6.07) is 0.306. The van der Waals surface area contributed by atoms with Crippen LogP contribution in [-0.4, -0.2) is 23.0 Å². The lowest BCUT2D eigenvalue weighted by atomic mass is 9.98. The molecular formula is C24H43NO3. The molecule has 1 aliphatic heterocycles. The number of carboxylic acid groups (broad SMARTS) is 1. The Kier molecular flexibility index (Phi) is 20.2. The lowest BCUT2D eigenvalue weighted by molar-refractivity contribution is -0.132. The van der Waals surface area contributed by atoms with Crippen LogP contribution in [-0.2, 0) is 9.59 Å². The molecule has 1 aliphatic rings. The first-order valence-corrected chi connectivity index (χ1v) is 10.9. The zero-order chi connectivity index (χ0) is 21.8. The average molecular weight is 394 g/mol. The minimum Gasteiger partial charge on any atom is -0.478 e. The molecule has 1 rings (SSSR count). The first-order valence-electron chi connectivity index (χ1n) is 10.9. The van der Waals surface area contributed by atoms with E-state index in [4.69, 9.17) is 5.11 Å². The summed E-state index contributed by atoms with van der Waals surface area (Å²) in [5.74, 6) is 0.152. The van der Waals surface area contributed by atoms with E-state index >= 15 is 0 Å². The van der Waals surface area contributed by atoms with Crippen LogP contribution in [0.3, 0.4) is 0 Å². The Bertz CT molecular complexity index is 468. The number of carbonyl (C=O) groups is 2. The van der Waals surface area contributed by atoms with Gasteiger partial charge in [0.15, 0.2) is 0 Å². The van der Waals surface area contributed by atoms with Gasteiger partial charge in [-0.3, -0.25) is 4.79 Å². The highest BCUT2D eigenvalue weighted by atomic mass is 16.4. The summed E-state index contributed by atoms with van der Waals surface area (Å²) in [5.41, 5.74) is 0.245. The first-order chi connectivity index (χ1) is 13.4. The van der Waals surface area contributed by atoms with Crippen molar-refractivity contribution in [3.63, 3.8) is 0 Å². The van der Waals surface area contributed by atoms with E-state index in [1.165, 1.54) is 32.1 Å². The number of carboxylic acids is 1. The number of hydrogen-bond donors (Lipinski definition) is 2. The van der Waals surface area contributed by atoms with Crippen LogP contribution in [0.5, 0.6) is 0 Å². The molecule has 2 atom stereocenters. The molecule has 1 fully saturated rings. The Morgan fingerprint density at radius 1 is 1.29 bits per heavy atom. The van der Waals surface area contributed by atoms with E-state index in [1.54, 1.807) is 6.08 Å². The molecule has 0 aromatic heterocycles. The smallest absolute Gasteiger partial charge is 0.330 e. The van der Waals surface area contributed by atoms with E-state index in [2.05, 4.69) is 44.5 Å². The molecule has 0 aromatic carbocycles. The largest absolute Gasteiger partial charge is 0.478 e. The zero-order valence-electron chi connectivity index (χ0n) is 18.6. The fourth-order valence-electron chi connectivity index (χ4n) is 2.71. The number of allylic oxidation sites excluding steroid dienone is 2. The molecule has 162 valence electrons. The average Bonchev–Trinajstić information content (AvgIpc) is 3.11. The van der Waals surface area contributed by atoms with Crippen molar-refractivity contribution < 1.29 is 14.7 Å². The molecule has 1 saturated heterocycles. The van der Waals surface area contributed by atoms with Gasteiger partial charge < -0.3 is 10.4 Å². The van der Waals surface area contributed by atoms with Crippen LogP contribution < -0.4 is 5.32 Å². The Morgan fingerprint density at radius 3 is 2.43 bits per heavy atom. The number of amides is 1. The molecule has 0 bridgehead atoms. The molecule has 0 aromatic rings. The highest BCUT2D eigenvalue weighted by molar-refractivity contribution is 5.85. The van der Waals surface area contributed by atoms with E-state index in [0.717, 1.165) is 18.8 Å². The van der Waals surface area contributed by atoms with E-state index in [9.17, 15) is 9.59 Å². The normalized spacial score (nSPS) is 16.3. The Hall–Kier alpha value is -1.84. The van der Waals surface area contributed by atoms with Gasteiger partial charge in [0.05, 0.1) is 0 Å². The maximum atomic E-state index is 11.0. The first kappa shape index (κ1) is 28.4. The molecule has 1 heterocycles. The van der Waals surface area contributed by atoms with Gasteiger partial charge in [0.2, 0.25) is 5.91 Å². The molecule has 28 heavy (non-hydrogen) atoms. The Balaban J connectivity index is 0. The fourth-order valence-corrected chi connectivity index (χ4v) is 2.71. The number of unbranched alkanes of at least 4 members (excludes halogenated alkanes) is 2. The lowest BCUT2D eigenvalue weighted by Gasteiger charge is -2.09. The van der Waals surface area contributed by atoms with E-state index in [1.807, 2.05) is 13.8 Å². The van der Waals surface area contributed by atoms with Gasteiger partial charge in [0, 0.05) is 18.0 Å². The van der Waals surface area contributed by atoms with Crippen LogP contribution in [0, 0.1) is 5.92 Å². The van der Waals surface area contributed by atoms with Gasteiger partial charge in [-0.25, -0.2) is 4.79 Å². The zero-order valence-corrected chi connectivity index (χ0v) is 18.6. The quantitative estimate of drug-likeness (QED) is 0.228. The number of nitrogens with one attached hydrogen (secondary N) is 1. The van der Waals surface area contributed by atoms with E-state index in [-0.39, 0.29) is 11.5 Å². The second-order valence-corrected chi connectivity index (χ2v) is 7.06. The van der Waals surface area contributed by atoms with Crippen LogP contribution in [0.2, 0.25) is 0 Å². The van der Waals surface area contributed by atoms with Gasteiger partial charge in [-0.2, -0.15) is 0 Å². The minimum atomic E-state index is -0.920.